The Balaban J connectivity index is 1.99. The summed E-state index contributed by atoms with van der Waals surface area (Å²) in [6, 6.07) is 4.97. The number of ketones is 1. The fourth-order valence-electron chi connectivity index (χ4n) is 2.65. The summed E-state index contributed by atoms with van der Waals surface area (Å²) in [4.78, 5) is 31.5. The molecular formula is C18H18N2O4S. The number of benzene rings is 1. The number of aromatic nitrogens is 2. The van der Waals surface area contributed by atoms with Crippen LogP contribution in [0.2, 0.25) is 0 Å². The average molecular weight is 358 g/mol. The summed E-state index contributed by atoms with van der Waals surface area (Å²) in [5, 5.41) is 0.583. The van der Waals surface area contributed by atoms with Crippen LogP contribution in [0.15, 0.2) is 29.3 Å². The van der Waals surface area contributed by atoms with Crippen molar-refractivity contribution in [2.75, 3.05) is 14.2 Å². The molecule has 0 N–H and O–H groups in total. The minimum absolute atomic E-state index is 0.0984. The average Bonchev–Trinajstić information content (AvgIpc) is 2.91. The third kappa shape index (κ3) is 3.02. The molecule has 3 rings (SSSR count). The van der Waals surface area contributed by atoms with Crippen molar-refractivity contribution in [1.29, 1.82) is 0 Å². The number of nitrogens with zero attached hydrogens (tertiary/aromatic N) is 2. The van der Waals surface area contributed by atoms with Crippen LogP contribution in [-0.2, 0) is 6.54 Å². The van der Waals surface area contributed by atoms with Gasteiger partial charge in [-0.25, -0.2) is 4.98 Å². The molecule has 25 heavy (non-hydrogen) atoms. The van der Waals surface area contributed by atoms with Gasteiger partial charge in [0.05, 0.1) is 38.0 Å². The first-order valence-electron chi connectivity index (χ1n) is 7.66. The van der Waals surface area contributed by atoms with Gasteiger partial charge in [-0.3, -0.25) is 14.2 Å². The number of methoxy groups -OCH3 is 2. The van der Waals surface area contributed by atoms with Crippen molar-refractivity contribution in [3.8, 4) is 11.5 Å². The zero-order chi connectivity index (χ0) is 18.1. The molecule has 0 radical (unpaired) electrons. The van der Waals surface area contributed by atoms with Crippen molar-refractivity contribution in [3.05, 3.63) is 50.9 Å². The van der Waals surface area contributed by atoms with Crippen LogP contribution >= 0.6 is 11.3 Å². The third-order valence-electron chi connectivity index (χ3n) is 4.18. The summed E-state index contributed by atoms with van der Waals surface area (Å²) in [7, 11) is 3.03. The number of carbonyl (C=O) groups is 1. The fourth-order valence-corrected chi connectivity index (χ4v) is 3.64. The highest BCUT2D eigenvalue weighted by atomic mass is 32.1. The summed E-state index contributed by atoms with van der Waals surface area (Å²) in [6.07, 6.45) is 1.42. The lowest BCUT2D eigenvalue weighted by atomic mass is 10.1. The van der Waals surface area contributed by atoms with Crippen LogP contribution in [0.4, 0.5) is 0 Å². The molecule has 0 spiro atoms. The number of hydrogen-bond donors (Lipinski definition) is 0. The van der Waals surface area contributed by atoms with E-state index in [4.69, 9.17) is 9.47 Å². The standard InChI is InChI=1S/C18H18N2O4S/c1-10-11(2)25-17-16(10)18(22)20(9-19-17)8-14(21)13-6-5-12(23-3)7-15(13)24-4/h5-7,9H,8H2,1-4H3. The zero-order valence-electron chi connectivity index (χ0n) is 14.5. The van der Waals surface area contributed by atoms with E-state index >= 15 is 0 Å². The quantitative estimate of drug-likeness (QED) is 0.656. The second-order valence-electron chi connectivity index (χ2n) is 5.63. The maximum atomic E-state index is 12.7. The van der Waals surface area contributed by atoms with Gasteiger partial charge in [-0.05, 0) is 31.5 Å². The Hall–Kier alpha value is -2.67. The Bertz CT molecular complexity index is 1020. The molecular weight excluding hydrogens is 340 g/mol. The van der Waals surface area contributed by atoms with Crippen LogP contribution in [0.3, 0.4) is 0 Å². The van der Waals surface area contributed by atoms with Gasteiger partial charge in [-0.2, -0.15) is 0 Å². The summed E-state index contributed by atoms with van der Waals surface area (Å²) in [5.74, 6) is 0.777. The molecule has 0 saturated carbocycles. The number of carbonyl (C=O) groups excluding carboxylic acids is 1. The van der Waals surface area contributed by atoms with Gasteiger partial charge in [0.15, 0.2) is 5.78 Å². The molecule has 3 aromatic rings. The molecule has 2 heterocycles. The highest BCUT2D eigenvalue weighted by Crippen LogP contribution is 2.27. The first-order valence-corrected chi connectivity index (χ1v) is 8.48. The largest absolute Gasteiger partial charge is 0.497 e. The van der Waals surface area contributed by atoms with Crippen LogP contribution < -0.4 is 15.0 Å². The number of hydrogen-bond acceptors (Lipinski definition) is 6. The van der Waals surface area contributed by atoms with Crippen LogP contribution in [0, 0.1) is 13.8 Å². The molecule has 6 nitrogen and oxygen atoms in total. The molecule has 0 aliphatic carbocycles. The molecule has 2 aromatic heterocycles. The molecule has 1 aromatic carbocycles. The van der Waals surface area contributed by atoms with E-state index in [0.29, 0.717) is 27.3 Å². The van der Waals surface area contributed by atoms with Gasteiger partial charge >= 0.3 is 0 Å². The SMILES string of the molecule is COc1ccc(C(=O)Cn2cnc3sc(C)c(C)c3c2=O)c(OC)c1. The molecule has 0 aliphatic heterocycles. The molecule has 0 unspecified atom stereocenters. The molecule has 7 heteroatoms. The van der Waals surface area contributed by atoms with Gasteiger partial charge in [0.2, 0.25) is 0 Å². The number of fused-ring (bicyclic) bond motifs is 1. The summed E-state index contributed by atoms with van der Waals surface area (Å²) in [6.45, 7) is 3.76. The van der Waals surface area contributed by atoms with Crippen LogP contribution in [-0.4, -0.2) is 29.6 Å². The summed E-state index contributed by atoms with van der Waals surface area (Å²) in [5.41, 5.74) is 1.11. The number of Topliss-reactive ketones (excluding diaryl/α,β-unsaturated/α-hetero) is 1. The minimum Gasteiger partial charge on any atom is -0.497 e. The Morgan fingerprint density at radius 2 is 2.00 bits per heavy atom. The maximum absolute atomic E-state index is 12.7. The third-order valence-corrected chi connectivity index (χ3v) is 5.29. The number of rotatable bonds is 5. The van der Waals surface area contributed by atoms with Crippen molar-refractivity contribution >= 4 is 27.3 Å². The molecule has 0 bridgehead atoms. The van der Waals surface area contributed by atoms with E-state index in [1.165, 1.54) is 29.3 Å². The lowest BCUT2D eigenvalue weighted by Gasteiger charge is -2.10. The normalized spacial score (nSPS) is 10.9. The summed E-state index contributed by atoms with van der Waals surface area (Å²) < 4.78 is 11.7. The van der Waals surface area contributed by atoms with E-state index < -0.39 is 0 Å². The van der Waals surface area contributed by atoms with Gasteiger partial charge in [-0.15, -0.1) is 11.3 Å². The molecule has 0 atom stereocenters. The van der Waals surface area contributed by atoms with Gasteiger partial charge < -0.3 is 9.47 Å². The monoisotopic (exact) mass is 358 g/mol. The van der Waals surface area contributed by atoms with Crippen molar-refractivity contribution in [2.45, 2.75) is 20.4 Å². The topological polar surface area (TPSA) is 70.4 Å². The van der Waals surface area contributed by atoms with Gasteiger partial charge in [-0.1, -0.05) is 0 Å². The zero-order valence-corrected chi connectivity index (χ0v) is 15.3. The lowest BCUT2D eigenvalue weighted by molar-refractivity contribution is 0.0967. The van der Waals surface area contributed by atoms with Gasteiger partial charge in [0.25, 0.3) is 5.56 Å². The highest BCUT2D eigenvalue weighted by molar-refractivity contribution is 7.18. The van der Waals surface area contributed by atoms with Crippen molar-refractivity contribution in [3.63, 3.8) is 0 Å². The van der Waals surface area contributed by atoms with Crippen molar-refractivity contribution < 1.29 is 14.3 Å². The lowest BCUT2D eigenvalue weighted by Crippen LogP contribution is -2.24. The van der Waals surface area contributed by atoms with E-state index in [2.05, 4.69) is 4.98 Å². The number of aryl methyl sites for hydroxylation is 2. The fraction of sp³-hybridized carbons (Fsp3) is 0.278. The molecule has 0 saturated heterocycles. The Morgan fingerprint density at radius 1 is 1.24 bits per heavy atom. The predicted octanol–water partition coefficient (Wildman–Crippen LogP) is 2.97. The Kier molecular flexibility index (Phi) is 4.59. The molecule has 130 valence electrons. The molecule has 0 fully saturated rings. The minimum atomic E-state index is -0.229. The van der Waals surface area contributed by atoms with E-state index in [-0.39, 0.29) is 17.9 Å². The van der Waals surface area contributed by atoms with E-state index in [1.54, 1.807) is 25.3 Å². The van der Waals surface area contributed by atoms with Crippen molar-refractivity contribution in [2.24, 2.45) is 0 Å². The van der Waals surface area contributed by atoms with E-state index in [9.17, 15) is 9.59 Å². The van der Waals surface area contributed by atoms with Crippen LogP contribution in [0.5, 0.6) is 11.5 Å². The molecule has 0 amide bonds. The first-order chi connectivity index (χ1) is 12.0. The Morgan fingerprint density at radius 3 is 2.68 bits per heavy atom. The predicted molar refractivity (Wildman–Crippen MR) is 97.2 cm³/mol. The second-order valence-corrected chi connectivity index (χ2v) is 6.83. The van der Waals surface area contributed by atoms with Crippen LogP contribution in [0.1, 0.15) is 20.8 Å². The molecule has 0 aliphatic rings. The summed E-state index contributed by atoms with van der Waals surface area (Å²) >= 11 is 1.48. The highest BCUT2D eigenvalue weighted by Gasteiger charge is 2.17. The van der Waals surface area contributed by atoms with Gasteiger partial charge in [0.1, 0.15) is 16.3 Å². The first kappa shape index (κ1) is 17.2. The maximum Gasteiger partial charge on any atom is 0.262 e. The van der Waals surface area contributed by atoms with E-state index in [1.807, 2.05) is 13.8 Å². The second kappa shape index (κ2) is 6.68. The van der Waals surface area contributed by atoms with Gasteiger partial charge in [0, 0.05) is 10.9 Å². The number of thiophene rings is 1. The smallest absolute Gasteiger partial charge is 0.262 e. The number of ether oxygens (including phenoxy) is 2. The van der Waals surface area contributed by atoms with Crippen LogP contribution in [0.25, 0.3) is 10.2 Å². The Labute approximate surface area is 148 Å². The van der Waals surface area contributed by atoms with Crippen molar-refractivity contribution in [1.82, 2.24) is 9.55 Å². The van der Waals surface area contributed by atoms with E-state index in [0.717, 1.165) is 10.4 Å².